The largest absolute Gasteiger partial charge is 0.497 e. The van der Waals surface area contributed by atoms with Gasteiger partial charge in [-0.15, -0.1) is 0 Å². The first-order chi connectivity index (χ1) is 13.0. The molecule has 2 saturated heterocycles. The minimum absolute atomic E-state index is 0.0403. The minimum Gasteiger partial charge on any atom is -0.497 e. The van der Waals surface area contributed by atoms with Crippen LogP contribution in [-0.4, -0.2) is 52.4 Å². The lowest BCUT2D eigenvalue weighted by Crippen LogP contribution is -2.66. The van der Waals surface area contributed by atoms with Crippen LogP contribution in [0.15, 0.2) is 24.3 Å². The molecule has 0 saturated carbocycles. The Morgan fingerprint density at radius 1 is 1.14 bits per heavy atom. The molecule has 6 nitrogen and oxygen atoms in total. The number of carbonyl (C=O) groups is 2. The molecular formula is C22H33N3O3. The molecule has 1 aromatic carbocycles. The number of hydrogen-bond donors (Lipinski definition) is 1. The number of methoxy groups -OCH3 is 1. The molecule has 2 aliphatic heterocycles. The Balaban J connectivity index is 1.72. The third-order valence-corrected chi connectivity index (χ3v) is 6.05. The maximum Gasteiger partial charge on any atom is 0.228 e. The normalized spacial score (nSPS) is 24.5. The van der Waals surface area contributed by atoms with E-state index in [1.54, 1.807) is 12.0 Å². The van der Waals surface area contributed by atoms with E-state index in [-0.39, 0.29) is 41.3 Å². The number of rotatable bonds is 4. The first-order valence-corrected chi connectivity index (χ1v) is 10.0. The molecule has 1 unspecified atom stereocenters. The van der Waals surface area contributed by atoms with Crippen LogP contribution in [0.3, 0.4) is 0 Å². The number of nitrogens with zero attached hydrogens (tertiary/aromatic N) is 2. The van der Waals surface area contributed by atoms with Crippen LogP contribution in [0.2, 0.25) is 0 Å². The molecule has 2 amide bonds. The van der Waals surface area contributed by atoms with Crippen molar-refractivity contribution in [2.75, 3.05) is 13.7 Å². The molecule has 0 aliphatic carbocycles. The second-order valence-electron chi connectivity index (χ2n) is 9.49. The van der Waals surface area contributed by atoms with Gasteiger partial charge in [0.2, 0.25) is 11.8 Å². The Kier molecular flexibility index (Phi) is 5.45. The molecule has 1 aromatic rings. The van der Waals surface area contributed by atoms with Gasteiger partial charge in [-0.1, -0.05) is 12.1 Å². The van der Waals surface area contributed by atoms with E-state index in [1.165, 1.54) is 0 Å². The monoisotopic (exact) mass is 387 g/mol. The van der Waals surface area contributed by atoms with Gasteiger partial charge >= 0.3 is 0 Å². The van der Waals surface area contributed by atoms with Crippen LogP contribution in [-0.2, 0) is 16.1 Å². The summed E-state index contributed by atoms with van der Waals surface area (Å²) in [4.78, 5) is 29.8. The molecule has 2 aliphatic rings. The molecule has 2 fully saturated rings. The van der Waals surface area contributed by atoms with Gasteiger partial charge in [-0.2, -0.15) is 0 Å². The van der Waals surface area contributed by atoms with Crippen LogP contribution in [0.4, 0.5) is 0 Å². The number of ether oxygens (including phenoxy) is 1. The number of hydrogen-bond acceptors (Lipinski definition) is 4. The number of carbonyl (C=O) groups excluding carboxylic acids is 2. The Morgan fingerprint density at radius 3 is 2.25 bits per heavy atom. The summed E-state index contributed by atoms with van der Waals surface area (Å²) in [5, 5.41) is 0. The highest BCUT2D eigenvalue weighted by Gasteiger charge is 2.49. The smallest absolute Gasteiger partial charge is 0.228 e. The molecule has 1 atom stereocenters. The zero-order valence-corrected chi connectivity index (χ0v) is 17.7. The fourth-order valence-electron chi connectivity index (χ4n) is 5.18. The third kappa shape index (κ3) is 4.02. The number of amides is 2. The van der Waals surface area contributed by atoms with Gasteiger partial charge in [0.05, 0.1) is 13.0 Å². The average molecular weight is 388 g/mol. The quantitative estimate of drug-likeness (QED) is 0.861. The maximum absolute atomic E-state index is 13.5. The van der Waals surface area contributed by atoms with Crippen LogP contribution in [0.1, 0.15) is 52.5 Å². The molecular weight excluding hydrogens is 354 g/mol. The second-order valence-corrected chi connectivity index (χ2v) is 9.49. The van der Waals surface area contributed by atoms with Gasteiger partial charge in [0.15, 0.2) is 0 Å². The standard InChI is InChI=1S/C22H33N3O3/c1-21(2)11-17(23)12-22(3,4)25(21)20(27)16-10-19(26)24(14-16)13-15-6-8-18(28-5)9-7-15/h6-9,16-17H,10-14,23H2,1-5H3. The van der Waals surface area contributed by atoms with Gasteiger partial charge in [0.1, 0.15) is 5.75 Å². The summed E-state index contributed by atoms with van der Waals surface area (Å²) in [5.74, 6) is 0.613. The second kappa shape index (κ2) is 7.39. The maximum atomic E-state index is 13.5. The molecule has 0 spiro atoms. The molecule has 154 valence electrons. The molecule has 0 bridgehead atoms. The van der Waals surface area contributed by atoms with Crippen molar-refractivity contribution in [3.63, 3.8) is 0 Å². The lowest BCUT2D eigenvalue weighted by Gasteiger charge is -2.55. The predicted molar refractivity (Wildman–Crippen MR) is 109 cm³/mol. The summed E-state index contributed by atoms with van der Waals surface area (Å²) < 4.78 is 5.18. The average Bonchev–Trinajstić information content (AvgIpc) is 2.93. The van der Waals surface area contributed by atoms with Crippen LogP contribution in [0.5, 0.6) is 5.75 Å². The highest BCUT2D eigenvalue weighted by molar-refractivity contribution is 5.90. The van der Waals surface area contributed by atoms with Gasteiger partial charge in [-0.3, -0.25) is 9.59 Å². The Bertz CT molecular complexity index is 724. The van der Waals surface area contributed by atoms with Crippen LogP contribution < -0.4 is 10.5 Å². The van der Waals surface area contributed by atoms with Crippen molar-refractivity contribution in [2.45, 2.75) is 70.6 Å². The van der Waals surface area contributed by atoms with E-state index < -0.39 is 0 Å². The van der Waals surface area contributed by atoms with E-state index in [2.05, 4.69) is 27.7 Å². The highest BCUT2D eigenvalue weighted by Crippen LogP contribution is 2.40. The van der Waals surface area contributed by atoms with Crippen LogP contribution in [0, 0.1) is 5.92 Å². The number of nitrogens with two attached hydrogens (primary N) is 1. The van der Waals surface area contributed by atoms with Gasteiger partial charge in [0, 0.05) is 36.6 Å². The van der Waals surface area contributed by atoms with E-state index in [9.17, 15) is 9.59 Å². The first-order valence-electron chi connectivity index (χ1n) is 10.0. The zero-order chi connectivity index (χ0) is 20.7. The molecule has 3 rings (SSSR count). The van der Waals surface area contributed by atoms with Gasteiger partial charge in [0.25, 0.3) is 0 Å². The number of likely N-dealkylation sites (tertiary alicyclic amines) is 2. The van der Waals surface area contributed by atoms with E-state index >= 15 is 0 Å². The van der Waals surface area contributed by atoms with E-state index in [0.717, 1.165) is 24.2 Å². The summed E-state index contributed by atoms with van der Waals surface area (Å²) in [6.45, 7) is 9.31. The van der Waals surface area contributed by atoms with Crippen molar-refractivity contribution in [1.82, 2.24) is 9.80 Å². The SMILES string of the molecule is COc1ccc(CN2CC(C(=O)N3C(C)(C)CC(N)CC3(C)C)CC2=O)cc1. The molecule has 0 aromatic heterocycles. The van der Waals surface area contributed by atoms with Gasteiger partial charge in [-0.05, 0) is 58.2 Å². The van der Waals surface area contributed by atoms with Crippen molar-refractivity contribution < 1.29 is 14.3 Å². The van der Waals surface area contributed by atoms with Gasteiger partial charge in [-0.25, -0.2) is 0 Å². The summed E-state index contributed by atoms with van der Waals surface area (Å²) >= 11 is 0. The number of benzene rings is 1. The van der Waals surface area contributed by atoms with E-state index in [0.29, 0.717) is 13.1 Å². The summed E-state index contributed by atoms with van der Waals surface area (Å²) in [6, 6.07) is 7.78. The lowest BCUT2D eigenvalue weighted by molar-refractivity contribution is -0.154. The Labute approximate surface area is 168 Å². The van der Waals surface area contributed by atoms with E-state index in [1.807, 2.05) is 29.2 Å². The van der Waals surface area contributed by atoms with Crippen molar-refractivity contribution in [3.05, 3.63) is 29.8 Å². The van der Waals surface area contributed by atoms with Crippen molar-refractivity contribution in [3.8, 4) is 5.75 Å². The van der Waals surface area contributed by atoms with Crippen LogP contribution >= 0.6 is 0 Å². The van der Waals surface area contributed by atoms with Crippen molar-refractivity contribution in [1.29, 1.82) is 0 Å². The van der Waals surface area contributed by atoms with Crippen molar-refractivity contribution >= 4 is 11.8 Å². The molecule has 28 heavy (non-hydrogen) atoms. The Hall–Kier alpha value is -2.08. The first kappa shape index (κ1) is 20.6. The number of piperidine rings is 1. The van der Waals surface area contributed by atoms with Crippen molar-refractivity contribution in [2.24, 2.45) is 11.7 Å². The van der Waals surface area contributed by atoms with Gasteiger partial charge < -0.3 is 20.3 Å². The molecule has 6 heteroatoms. The summed E-state index contributed by atoms with van der Waals surface area (Å²) in [5.41, 5.74) is 6.65. The topological polar surface area (TPSA) is 75.9 Å². The molecule has 2 heterocycles. The zero-order valence-electron chi connectivity index (χ0n) is 17.7. The minimum atomic E-state index is -0.315. The summed E-state index contributed by atoms with van der Waals surface area (Å²) in [7, 11) is 1.63. The Morgan fingerprint density at radius 2 is 1.71 bits per heavy atom. The predicted octanol–water partition coefficient (Wildman–Crippen LogP) is 2.55. The summed E-state index contributed by atoms with van der Waals surface area (Å²) in [6.07, 6.45) is 1.83. The van der Waals surface area contributed by atoms with E-state index in [4.69, 9.17) is 10.5 Å². The molecule has 2 N–H and O–H groups in total. The fourth-order valence-corrected chi connectivity index (χ4v) is 5.18. The highest BCUT2D eigenvalue weighted by atomic mass is 16.5. The lowest BCUT2D eigenvalue weighted by atomic mass is 9.76. The van der Waals surface area contributed by atoms with Crippen LogP contribution in [0.25, 0.3) is 0 Å². The fraction of sp³-hybridized carbons (Fsp3) is 0.636. The third-order valence-electron chi connectivity index (χ3n) is 6.05. The molecule has 0 radical (unpaired) electrons.